The Morgan fingerprint density at radius 2 is 1.71 bits per heavy atom. The first-order chi connectivity index (χ1) is 16.3. The highest BCUT2D eigenvalue weighted by Gasteiger charge is 2.33. The molecule has 0 radical (unpaired) electrons. The molecule has 0 saturated carbocycles. The summed E-state index contributed by atoms with van der Waals surface area (Å²) in [6, 6.07) is 2.68. The average Bonchev–Trinajstić information content (AvgIpc) is 3.12. The number of aryl methyl sites for hydroxylation is 4. The summed E-state index contributed by atoms with van der Waals surface area (Å²) in [5.41, 5.74) is 4.43. The van der Waals surface area contributed by atoms with Gasteiger partial charge in [-0.1, -0.05) is 6.42 Å². The van der Waals surface area contributed by atoms with E-state index in [-0.39, 0.29) is 11.5 Å². The summed E-state index contributed by atoms with van der Waals surface area (Å²) in [5, 5.41) is 5.13. The first-order valence-corrected chi connectivity index (χ1v) is 12.8. The lowest BCUT2D eigenvalue weighted by molar-refractivity contribution is -0.121. The van der Waals surface area contributed by atoms with Crippen molar-refractivity contribution in [1.29, 1.82) is 0 Å². The van der Waals surface area contributed by atoms with Crippen LogP contribution in [0.2, 0.25) is 0 Å². The van der Waals surface area contributed by atoms with E-state index in [1.807, 2.05) is 27.7 Å². The highest BCUT2D eigenvalue weighted by Crippen LogP contribution is 2.34. The number of nitrogens with zero attached hydrogens (tertiary/aromatic N) is 1. The molecule has 1 amide bonds. The van der Waals surface area contributed by atoms with Crippen LogP contribution >= 0.6 is 0 Å². The van der Waals surface area contributed by atoms with E-state index < -0.39 is 0 Å². The zero-order chi connectivity index (χ0) is 24.0. The van der Waals surface area contributed by atoms with Gasteiger partial charge in [-0.15, -0.1) is 0 Å². The summed E-state index contributed by atoms with van der Waals surface area (Å²) in [6.45, 7) is 11.0. The van der Waals surface area contributed by atoms with Gasteiger partial charge < -0.3 is 19.1 Å². The van der Waals surface area contributed by atoms with Gasteiger partial charge >= 0.3 is 5.63 Å². The third-order valence-corrected chi connectivity index (χ3v) is 8.34. The van der Waals surface area contributed by atoms with E-state index in [4.69, 9.17) is 8.83 Å². The van der Waals surface area contributed by atoms with Crippen molar-refractivity contribution in [3.63, 3.8) is 0 Å². The summed E-state index contributed by atoms with van der Waals surface area (Å²) in [7, 11) is 0. The summed E-state index contributed by atoms with van der Waals surface area (Å²) in [6.07, 6.45) is 6.94. The molecule has 1 N–H and O–H groups in total. The maximum absolute atomic E-state index is 12.9. The number of carbonyl (C=O) groups excluding carboxylic acids is 1. The van der Waals surface area contributed by atoms with Crippen molar-refractivity contribution in [3.05, 3.63) is 44.5 Å². The Kier molecular flexibility index (Phi) is 6.28. The van der Waals surface area contributed by atoms with Crippen molar-refractivity contribution in [2.24, 2.45) is 5.92 Å². The van der Waals surface area contributed by atoms with Crippen LogP contribution in [0, 0.1) is 33.6 Å². The van der Waals surface area contributed by atoms with E-state index in [2.05, 4.69) is 16.3 Å². The number of hydrogen-bond acceptors (Lipinski definition) is 5. The molecule has 2 aromatic heterocycles. The molecule has 2 atom stereocenters. The molecule has 5 rings (SSSR count). The number of piperidine rings is 2. The van der Waals surface area contributed by atoms with Crippen LogP contribution in [0.25, 0.3) is 21.9 Å². The maximum atomic E-state index is 12.9. The summed E-state index contributed by atoms with van der Waals surface area (Å²) in [4.78, 5) is 28.2. The van der Waals surface area contributed by atoms with Crippen LogP contribution in [0.3, 0.4) is 0 Å². The Balaban J connectivity index is 1.30. The summed E-state index contributed by atoms with van der Waals surface area (Å²) >= 11 is 0. The van der Waals surface area contributed by atoms with Gasteiger partial charge in [-0.3, -0.25) is 4.79 Å². The van der Waals surface area contributed by atoms with Crippen molar-refractivity contribution in [3.8, 4) is 0 Å². The number of furan rings is 1. The molecule has 1 aromatic carbocycles. The highest BCUT2D eigenvalue weighted by molar-refractivity contribution is 6.00. The fraction of sp³-hybridized carbons (Fsp3) is 0.571. The first-order valence-electron chi connectivity index (χ1n) is 12.8. The van der Waals surface area contributed by atoms with E-state index in [0.717, 1.165) is 45.4 Å². The highest BCUT2D eigenvalue weighted by atomic mass is 16.4. The van der Waals surface area contributed by atoms with Crippen LogP contribution in [-0.4, -0.2) is 36.5 Å². The van der Waals surface area contributed by atoms with Crippen molar-refractivity contribution in [2.75, 3.05) is 19.6 Å². The number of rotatable bonds is 5. The van der Waals surface area contributed by atoms with Gasteiger partial charge in [-0.2, -0.15) is 0 Å². The Morgan fingerprint density at radius 3 is 2.53 bits per heavy atom. The van der Waals surface area contributed by atoms with Gasteiger partial charge in [-0.05, 0) is 96.0 Å². The van der Waals surface area contributed by atoms with E-state index >= 15 is 0 Å². The molecule has 182 valence electrons. The molecular weight excluding hydrogens is 428 g/mol. The zero-order valence-corrected chi connectivity index (χ0v) is 20.9. The number of benzene rings is 1. The van der Waals surface area contributed by atoms with Gasteiger partial charge in [0.25, 0.3) is 0 Å². The third kappa shape index (κ3) is 4.06. The van der Waals surface area contributed by atoms with E-state index in [1.165, 1.54) is 45.2 Å². The summed E-state index contributed by atoms with van der Waals surface area (Å²) < 4.78 is 11.7. The Morgan fingerprint density at radius 1 is 0.971 bits per heavy atom. The number of carbonyl (C=O) groups is 1. The van der Waals surface area contributed by atoms with E-state index in [9.17, 15) is 9.59 Å². The largest absolute Gasteiger partial charge is 0.461 e. The fourth-order valence-corrected chi connectivity index (χ4v) is 6.17. The second-order valence-electron chi connectivity index (χ2n) is 10.3. The molecule has 0 unspecified atom stereocenters. The van der Waals surface area contributed by atoms with Crippen molar-refractivity contribution >= 4 is 27.8 Å². The lowest BCUT2D eigenvalue weighted by Gasteiger charge is -2.44. The smallest absolute Gasteiger partial charge is 0.339 e. The SMILES string of the molecule is Cc1oc2c(C)c3oc(=O)c(CCC(=O)NC[C@@H]4CCCN5CCCC[C@H]45)c(C)c3cc2c1C. The van der Waals surface area contributed by atoms with E-state index in [1.54, 1.807) is 0 Å². The quantitative estimate of drug-likeness (QED) is 0.533. The Hall–Kier alpha value is -2.60. The van der Waals surface area contributed by atoms with Crippen LogP contribution in [0.15, 0.2) is 19.7 Å². The predicted molar refractivity (Wildman–Crippen MR) is 134 cm³/mol. The summed E-state index contributed by atoms with van der Waals surface area (Å²) in [5.74, 6) is 1.43. The molecule has 6 nitrogen and oxygen atoms in total. The van der Waals surface area contributed by atoms with Gasteiger partial charge in [0, 0.05) is 40.9 Å². The second-order valence-corrected chi connectivity index (χ2v) is 10.3. The number of amides is 1. The lowest BCUT2D eigenvalue weighted by atomic mass is 9.83. The molecule has 2 aliphatic heterocycles. The number of nitrogens with one attached hydrogen (secondary N) is 1. The van der Waals surface area contributed by atoms with E-state index in [0.29, 0.717) is 35.9 Å². The van der Waals surface area contributed by atoms with Crippen LogP contribution in [-0.2, 0) is 11.2 Å². The standard InChI is InChI=1S/C28H36N2O4/c1-16-19(4)33-26-18(3)27-23(14-22(16)26)17(2)21(28(32)34-27)10-11-25(31)29-15-20-8-7-13-30-12-6-5-9-24(20)30/h14,20,24H,5-13,15H2,1-4H3,(H,29,31)/t20-,24+/m0/s1. The predicted octanol–water partition coefficient (Wildman–Crippen LogP) is 5.09. The number of fused-ring (bicyclic) bond motifs is 3. The zero-order valence-electron chi connectivity index (χ0n) is 20.9. The van der Waals surface area contributed by atoms with Crippen LogP contribution in [0.5, 0.6) is 0 Å². The first kappa shape index (κ1) is 23.2. The molecule has 2 aliphatic rings. The molecular formula is C28H36N2O4. The molecule has 2 fully saturated rings. The van der Waals surface area contributed by atoms with Crippen LogP contribution < -0.4 is 10.9 Å². The molecule has 2 saturated heterocycles. The normalized spacial score (nSPS) is 21.2. The topological polar surface area (TPSA) is 75.7 Å². The van der Waals surface area contributed by atoms with Gasteiger partial charge in [0.2, 0.25) is 5.91 Å². The monoisotopic (exact) mass is 464 g/mol. The molecule has 6 heteroatoms. The average molecular weight is 465 g/mol. The third-order valence-electron chi connectivity index (χ3n) is 8.34. The van der Waals surface area contributed by atoms with Crippen LogP contribution in [0.4, 0.5) is 0 Å². The van der Waals surface area contributed by atoms with Crippen molar-refractivity contribution in [1.82, 2.24) is 10.2 Å². The Labute approximate surface area is 200 Å². The molecule has 34 heavy (non-hydrogen) atoms. The minimum absolute atomic E-state index is 0.0137. The minimum atomic E-state index is -0.356. The second kappa shape index (κ2) is 9.21. The van der Waals surface area contributed by atoms with Crippen LogP contribution in [0.1, 0.15) is 66.5 Å². The van der Waals surface area contributed by atoms with Crippen molar-refractivity contribution < 1.29 is 13.6 Å². The molecule has 0 bridgehead atoms. The Bertz CT molecular complexity index is 1300. The molecule has 4 heterocycles. The fourth-order valence-electron chi connectivity index (χ4n) is 6.17. The van der Waals surface area contributed by atoms with Gasteiger partial charge in [0.1, 0.15) is 16.9 Å². The maximum Gasteiger partial charge on any atom is 0.339 e. The molecule has 0 aliphatic carbocycles. The number of hydrogen-bond donors (Lipinski definition) is 1. The van der Waals surface area contributed by atoms with Gasteiger partial charge in [-0.25, -0.2) is 4.79 Å². The molecule has 0 spiro atoms. The lowest BCUT2D eigenvalue weighted by Crippen LogP contribution is -2.51. The van der Waals surface area contributed by atoms with Gasteiger partial charge in [0.05, 0.1) is 0 Å². The minimum Gasteiger partial charge on any atom is -0.461 e. The molecule has 3 aromatic rings. The van der Waals surface area contributed by atoms with Crippen molar-refractivity contribution in [2.45, 2.75) is 78.7 Å². The van der Waals surface area contributed by atoms with Gasteiger partial charge in [0.15, 0.2) is 0 Å².